The van der Waals surface area contributed by atoms with Gasteiger partial charge < -0.3 is 11.1 Å². The van der Waals surface area contributed by atoms with Gasteiger partial charge in [-0.2, -0.15) is 0 Å². The molecule has 0 atom stereocenters. The summed E-state index contributed by atoms with van der Waals surface area (Å²) >= 11 is 0. The lowest BCUT2D eigenvalue weighted by Crippen LogP contribution is -2.09. The van der Waals surface area contributed by atoms with Crippen molar-refractivity contribution in [1.29, 1.82) is 0 Å². The van der Waals surface area contributed by atoms with Crippen LogP contribution in [0.4, 0.5) is 11.4 Å². The second-order valence-corrected chi connectivity index (χ2v) is 4.76. The number of nitrogens with two attached hydrogens (primary N) is 1. The third-order valence-electron chi connectivity index (χ3n) is 3.10. The minimum absolute atomic E-state index is 0.152. The molecule has 3 heteroatoms. The fourth-order valence-corrected chi connectivity index (χ4v) is 1.88. The van der Waals surface area contributed by atoms with E-state index in [0.717, 1.165) is 28.1 Å². The van der Waals surface area contributed by atoms with Gasteiger partial charge in [0.2, 0.25) is 5.91 Å². The number of anilines is 2. The number of nitrogen functional groups attached to an aromatic ring is 1. The van der Waals surface area contributed by atoms with Crippen LogP contribution in [-0.4, -0.2) is 5.91 Å². The van der Waals surface area contributed by atoms with Crippen LogP contribution in [0.5, 0.6) is 0 Å². The van der Waals surface area contributed by atoms with Crippen LogP contribution in [-0.2, 0) is 4.79 Å². The first kappa shape index (κ1) is 13.9. The molecule has 0 aromatic heterocycles. The molecule has 1 amide bonds. The Hall–Kier alpha value is -2.55. The van der Waals surface area contributed by atoms with Crippen LogP contribution in [0, 0.1) is 13.8 Å². The first-order valence-electron chi connectivity index (χ1n) is 6.47. The summed E-state index contributed by atoms with van der Waals surface area (Å²) in [6.45, 7) is 3.84. The summed E-state index contributed by atoms with van der Waals surface area (Å²) in [6.07, 6.45) is 3.31. The van der Waals surface area contributed by atoms with Crippen molar-refractivity contribution in [1.82, 2.24) is 0 Å². The number of hydrogen-bond acceptors (Lipinski definition) is 2. The number of carbonyl (C=O) groups excluding carboxylic acids is 1. The Kier molecular flexibility index (Phi) is 4.20. The summed E-state index contributed by atoms with van der Waals surface area (Å²) < 4.78 is 0. The molecule has 3 nitrogen and oxygen atoms in total. The maximum Gasteiger partial charge on any atom is 0.248 e. The third-order valence-corrected chi connectivity index (χ3v) is 3.10. The van der Waals surface area contributed by atoms with E-state index in [-0.39, 0.29) is 5.91 Å². The summed E-state index contributed by atoms with van der Waals surface area (Å²) in [5, 5.41) is 2.87. The summed E-state index contributed by atoms with van der Waals surface area (Å²) in [4.78, 5) is 11.9. The van der Waals surface area contributed by atoms with Crippen molar-refractivity contribution in [3.63, 3.8) is 0 Å². The average Bonchev–Trinajstić information content (AvgIpc) is 2.44. The minimum Gasteiger partial charge on any atom is -0.399 e. The van der Waals surface area contributed by atoms with Gasteiger partial charge in [0.25, 0.3) is 0 Å². The molecule has 0 unspecified atom stereocenters. The van der Waals surface area contributed by atoms with Crippen LogP contribution in [0.1, 0.15) is 16.7 Å². The van der Waals surface area contributed by atoms with Gasteiger partial charge in [-0.15, -0.1) is 0 Å². The lowest BCUT2D eigenvalue weighted by atomic mass is 10.1. The lowest BCUT2D eigenvalue weighted by Gasteiger charge is -2.09. The Morgan fingerprint density at radius 2 is 1.80 bits per heavy atom. The topological polar surface area (TPSA) is 55.1 Å². The highest BCUT2D eigenvalue weighted by atomic mass is 16.1. The van der Waals surface area contributed by atoms with Gasteiger partial charge in [-0.05, 0) is 48.7 Å². The van der Waals surface area contributed by atoms with Gasteiger partial charge in [0.1, 0.15) is 0 Å². The molecule has 0 aliphatic rings. The quantitative estimate of drug-likeness (QED) is 0.659. The van der Waals surface area contributed by atoms with Crippen molar-refractivity contribution < 1.29 is 4.79 Å². The number of nitrogens with one attached hydrogen (secondary N) is 1. The number of rotatable bonds is 3. The Balaban J connectivity index is 2.09. The SMILES string of the molecule is Cc1cc(NC(=O)C=Cc2ccccc2)c(C)cc1N. The Bertz CT molecular complexity index is 646. The fourth-order valence-electron chi connectivity index (χ4n) is 1.88. The van der Waals surface area contributed by atoms with Crippen molar-refractivity contribution in [2.45, 2.75) is 13.8 Å². The zero-order valence-corrected chi connectivity index (χ0v) is 11.7. The Labute approximate surface area is 119 Å². The highest BCUT2D eigenvalue weighted by Crippen LogP contribution is 2.22. The standard InChI is InChI=1S/C17H18N2O/c1-12-11-16(13(2)10-15(12)18)19-17(20)9-8-14-6-4-3-5-7-14/h3-11H,18H2,1-2H3,(H,19,20). The van der Waals surface area contributed by atoms with E-state index in [9.17, 15) is 4.79 Å². The first-order chi connectivity index (χ1) is 9.56. The maximum atomic E-state index is 11.9. The smallest absolute Gasteiger partial charge is 0.248 e. The molecule has 2 aromatic carbocycles. The minimum atomic E-state index is -0.152. The molecule has 0 radical (unpaired) electrons. The lowest BCUT2D eigenvalue weighted by molar-refractivity contribution is -0.111. The number of benzene rings is 2. The van der Waals surface area contributed by atoms with E-state index < -0.39 is 0 Å². The molecule has 0 fully saturated rings. The molecule has 0 aliphatic heterocycles. The van der Waals surface area contributed by atoms with E-state index in [4.69, 9.17) is 5.73 Å². The van der Waals surface area contributed by atoms with Crippen molar-refractivity contribution in [3.8, 4) is 0 Å². The maximum absolute atomic E-state index is 11.9. The average molecular weight is 266 g/mol. The van der Waals surface area contributed by atoms with Gasteiger partial charge in [0.15, 0.2) is 0 Å². The molecular formula is C17H18N2O. The van der Waals surface area contributed by atoms with E-state index in [0.29, 0.717) is 0 Å². The van der Waals surface area contributed by atoms with Crippen molar-refractivity contribution >= 4 is 23.4 Å². The molecule has 0 saturated carbocycles. The molecular weight excluding hydrogens is 248 g/mol. The van der Waals surface area contributed by atoms with Crippen molar-refractivity contribution in [2.24, 2.45) is 0 Å². The van der Waals surface area contributed by atoms with E-state index in [1.54, 1.807) is 6.08 Å². The van der Waals surface area contributed by atoms with Gasteiger partial charge in [-0.1, -0.05) is 30.3 Å². The summed E-state index contributed by atoms with van der Waals surface area (Å²) in [6, 6.07) is 13.5. The predicted octanol–water partition coefficient (Wildman–Crippen LogP) is 3.54. The Morgan fingerprint density at radius 1 is 1.10 bits per heavy atom. The molecule has 0 heterocycles. The summed E-state index contributed by atoms with van der Waals surface area (Å²) in [7, 11) is 0. The van der Waals surface area contributed by atoms with E-state index in [1.165, 1.54) is 6.08 Å². The van der Waals surface area contributed by atoms with Gasteiger partial charge >= 0.3 is 0 Å². The zero-order chi connectivity index (χ0) is 14.5. The van der Waals surface area contributed by atoms with Crippen LogP contribution in [0.3, 0.4) is 0 Å². The largest absolute Gasteiger partial charge is 0.399 e. The summed E-state index contributed by atoms with van der Waals surface area (Å²) in [5.41, 5.74) is 10.3. The van der Waals surface area contributed by atoms with Gasteiger partial charge in [0, 0.05) is 17.5 Å². The summed E-state index contributed by atoms with van der Waals surface area (Å²) in [5.74, 6) is -0.152. The highest BCUT2D eigenvalue weighted by molar-refractivity contribution is 6.02. The molecule has 0 aliphatic carbocycles. The molecule has 2 aromatic rings. The molecule has 2 rings (SSSR count). The molecule has 20 heavy (non-hydrogen) atoms. The normalized spacial score (nSPS) is 10.7. The molecule has 0 bridgehead atoms. The predicted molar refractivity (Wildman–Crippen MR) is 84.4 cm³/mol. The molecule has 0 saturated heterocycles. The van der Waals surface area contributed by atoms with Crippen LogP contribution in [0.25, 0.3) is 6.08 Å². The van der Waals surface area contributed by atoms with Gasteiger partial charge in [-0.3, -0.25) is 4.79 Å². The van der Waals surface area contributed by atoms with E-state index >= 15 is 0 Å². The Morgan fingerprint density at radius 3 is 2.50 bits per heavy atom. The van der Waals surface area contributed by atoms with Crippen LogP contribution >= 0.6 is 0 Å². The fraction of sp³-hybridized carbons (Fsp3) is 0.118. The zero-order valence-electron chi connectivity index (χ0n) is 11.7. The monoisotopic (exact) mass is 266 g/mol. The van der Waals surface area contributed by atoms with Crippen molar-refractivity contribution in [3.05, 3.63) is 65.2 Å². The second kappa shape index (κ2) is 6.06. The van der Waals surface area contributed by atoms with Crippen molar-refractivity contribution in [2.75, 3.05) is 11.1 Å². The van der Waals surface area contributed by atoms with Crippen LogP contribution in [0.2, 0.25) is 0 Å². The molecule has 0 spiro atoms. The van der Waals surface area contributed by atoms with Crippen LogP contribution < -0.4 is 11.1 Å². The van der Waals surface area contributed by atoms with E-state index in [1.807, 2.05) is 56.3 Å². The number of hydrogen-bond donors (Lipinski definition) is 2. The van der Waals surface area contributed by atoms with Gasteiger partial charge in [0.05, 0.1) is 0 Å². The number of amides is 1. The second-order valence-electron chi connectivity index (χ2n) is 4.76. The number of carbonyl (C=O) groups is 1. The van der Waals surface area contributed by atoms with Gasteiger partial charge in [-0.25, -0.2) is 0 Å². The molecule has 102 valence electrons. The van der Waals surface area contributed by atoms with Crippen LogP contribution in [0.15, 0.2) is 48.5 Å². The highest BCUT2D eigenvalue weighted by Gasteiger charge is 2.04. The van der Waals surface area contributed by atoms with E-state index in [2.05, 4.69) is 5.32 Å². The number of aryl methyl sites for hydroxylation is 2. The molecule has 3 N–H and O–H groups in total. The third kappa shape index (κ3) is 3.48. The first-order valence-corrected chi connectivity index (χ1v) is 6.47.